The average molecular weight is 215 g/mol. The standard InChI is InChI=1S/C8H13N3O2S/c1-8(2,3)13-7(12)11(4)6-10-9-5-14-6/h5H,1-4H3. The van der Waals surface area contributed by atoms with E-state index in [0.29, 0.717) is 5.13 Å². The molecule has 1 rings (SSSR count). The number of hydrogen-bond donors (Lipinski definition) is 0. The molecule has 78 valence electrons. The van der Waals surface area contributed by atoms with Crippen molar-refractivity contribution in [2.45, 2.75) is 26.4 Å². The molecule has 1 aromatic heterocycles. The monoisotopic (exact) mass is 215 g/mol. The molecule has 0 unspecified atom stereocenters. The lowest BCUT2D eigenvalue weighted by Crippen LogP contribution is -2.34. The van der Waals surface area contributed by atoms with Gasteiger partial charge in [-0.25, -0.2) is 4.79 Å². The van der Waals surface area contributed by atoms with Gasteiger partial charge in [0.15, 0.2) is 0 Å². The number of aromatic nitrogens is 2. The topological polar surface area (TPSA) is 55.3 Å². The SMILES string of the molecule is CN(C(=O)OC(C)(C)C)c1nncs1. The van der Waals surface area contributed by atoms with Gasteiger partial charge in [-0.3, -0.25) is 4.90 Å². The van der Waals surface area contributed by atoms with E-state index in [9.17, 15) is 4.79 Å². The van der Waals surface area contributed by atoms with Crippen LogP contribution in [0.25, 0.3) is 0 Å². The molecular formula is C8H13N3O2S. The van der Waals surface area contributed by atoms with Gasteiger partial charge in [-0.2, -0.15) is 0 Å². The van der Waals surface area contributed by atoms with Crippen LogP contribution in [-0.4, -0.2) is 28.9 Å². The van der Waals surface area contributed by atoms with Crippen LogP contribution in [0.15, 0.2) is 5.51 Å². The molecule has 14 heavy (non-hydrogen) atoms. The van der Waals surface area contributed by atoms with Crippen LogP contribution >= 0.6 is 11.3 Å². The Kier molecular flexibility index (Phi) is 3.05. The molecular weight excluding hydrogens is 202 g/mol. The normalized spacial score (nSPS) is 11.1. The molecule has 0 aliphatic rings. The molecule has 1 heterocycles. The quantitative estimate of drug-likeness (QED) is 0.718. The van der Waals surface area contributed by atoms with Crippen LogP contribution in [0.3, 0.4) is 0 Å². The Labute approximate surface area is 86.7 Å². The van der Waals surface area contributed by atoms with E-state index in [0.717, 1.165) is 0 Å². The van der Waals surface area contributed by atoms with Crippen molar-refractivity contribution in [1.82, 2.24) is 10.2 Å². The van der Waals surface area contributed by atoms with Crippen LogP contribution in [0, 0.1) is 0 Å². The fourth-order valence-electron chi connectivity index (χ4n) is 0.722. The van der Waals surface area contributed by atoms with Crippen LogP contribution in [0.5, 0.6) is 0 Å². The highest BCUT2D eigenvalue weighted by molar-refractivity contribution is 7.13. The smallest absolute Gasteiger partial charge is 0.416 e. The first kappa shape index (κ1) is 10.9. The van der Waals surface area contributed by atoms with Gasteiger partial charge >= 0.3 is 6.09 Å². The first-order valence-electron chi connectivity index (χ1n) is 4.13. The molecule has 6 heteroatoms. The van der Waals surface area contributed by atoms with Crippen molar-refractivity contribution in [3.8, 4) is 0 Å². The Morgan fingerprint density at radius 1 is 1.57 bits per heavy atom. The molecule has 1 aromatic rings. The van der Waals surface area contributed by atoms with Crippen LogP contribution in [0.1, 0.15) is 20.8 Å². The van der Waals surface area contributed by atoms with Crippen molar-refractivity contribution in [3.05, 3.63) is 5.51 Å². The predicted octanol–water partition coefficient (Wildman–Crippen LogP) is 1.91. The fraction of sp³-hybridized carbons (Fsp3) is 0.625. The summed E-state index contributed by atoms with van der Waals surface area (Å²) < 4.78 is 5.15. The molecule has 0 bridgehead atoms. The third-order valence-electron chi connectivity index (χ3n) is 1.30. The molecule has 0 aliphatic carbocycles. The number of hydrogen-bond acceptors (Lipinski definition) is 5. The van der Waals surface area contributed by atoms with Crippen molar-refractivity contribution < 1.29 is 9.53 Å². The van der Waals surface area contributed by atoms with E-state index in [1.165, 1.54) is 16.2 Å². The zero-order chi connectivity index (χ0) is 10.8. The predicted molar refractivity (Wildman–Crippen MR) is 54.5 cm³/mol. The molecule has 0 saturated heterocycles. The maximum absolute atomic E-state index is 11.5. The lowest BCUT2D eigenvalue weighted by Gasteiger charge is -2.22. The lowest BCUT2D eigenvalue weighted by molar-refractivity contribution is 0.0589. The minimum absolute atomic E-state index is 0.422. The molecule has 0 saturated carbocycles. The minimum Gasteiger partial charge on any atom is -0.443 e. The second-order valence-electron chi connectivity index (χ2n) is 3.76. The Morgan fingerprint density at radius 2 is 2.21 bits per heavy atom. The number of nitrogens with zero attached hydrogens (tertiary/aromatic N) is 3. The Morgan fingerprint density at radius 3 is 2.64 bits per heavy atom. The Balaban J connectivity index is 2.63. The molecule has 5 nitrogen and oxygen atoms in total. The van der Waals surface area contributed by atoms with Crippen LogP contribution in [0.4, 0.5) is 9.93 Å². The zero-order valence-electron chi connectivity index (χ0n) is 8.64. The van der Waals surface area contributed by atoms with Crippen molar-refractivity contribution in [2.24, 2.45) is 0 Å². The number of carbonyl (C=O) groups is 1. The molecule has 0 atom stereocenters. The van der Waals surface area contributed by atoms with Gasteiger partial charge in [-0.1, -0.05) is 11.3 Å². The van der Waals surface area contributed by atoms with E-state index in [4.69, 9.17) is 4.74 Å². The molecule has 1 amide bonds. The minimum atomic E-state index is -0.490. The van der Waals surface area contributed by atoms with Gasteiger partial charge in [0.05, 0.1) is 0 Å². The van der Waals surface area contributed by atoms with Crippen LogP contribution < -0.4 is 4.90 Å². The summed E-state index contributed by atoms with van der Waals surface area (Å²) in [7, 11) is 1.61. The Hall–Kier alpha value is -1.17. The van der Waals surface area contributed by atoms with E-state index in [-0.39, 0.29) is 0 Å². The summed E-state index contributed by atoms with van der Waals surface area (Å²) in [6, 6.07) is 0. The maximum Gasteiger partial charge on any atom is 0.416 e. The summed E-state index contributed by atoms with van der Waals surface area (Å²) in [4.78, 5) is 12.8. The fourth-order valence-corrected chi connectivity index (χ4v) is 1.24. The second kappa shape index (κ2) is 3.91. The summed E-state index contributed by atoms with van der Waals surface area (Å²) in [5, 5.41) is 7.93. The summed E-state index contributed by atoms with van der Waals surface area (Å²) in [5.74, 6) is 0. The van der Waals surface area contributed by atoms with E-state index >= 15 is 0 Å². The highest BCUT2D eigenvalue weighted by Gasteiger charge is 2.21. The zero-order valence-corrected chi connectivity index (χ0v) is 9.46. The summed E-state index contributed by atoms with van der Waals surface area (Å²) in [6.45, 7) is 5.45. The van der Waals surface area contributed by atoms with E-state index in [1.54, 1.807) is 12.6 Å². The van der Waals surface area contributed by atoms with Crippen molar-refractivity contribution in [2.75, 3.05) is 11.9 Å². The largest absolute Gasteiger partial charge is 0.443 e. The first-order chi connectivity index (χ1) is 6.40. The van der Waals surface area contributed by atoms with Crippen LogP contribution in [0.2, 0.25) is 0 Å². The molecule has 0 aliphatic heterocycles. The van der Waals surface area contributed by atoms with Crippen molar-refractivity contribution in [1.29, 1.82) is 0 Å². The number of rotatable bonds is 1. The Bertz CT molecular complexity index is 305. The van der Waals surface area contributed by atoms with Gasteiger partial charge in [0, 0.05) is 7.05 Å². The second-order valence-corrected chi connectivity index (χ2v) is 4.57. The van der Waals surface area contributed by atoms with E-state index in [2.05, 4.69) is 10.2 Å². The summed E-state index contributed by atoms with van der Waals surface area (Å²) in [5.41, 5.74) is 1.08. The summed E-state index contributed by atoms with van der Waals surface area (Å²) in [6.07, 6.45) is -0.422. The first-order valence-corrected chi connectivity index (χ1v) is 5.01. The number of anilines is 1. The third kappa shape index (κ3) is 2.95. The number of ether oxygens (including phenoxy) is 1. The third-order valence-corrected chi connectivity index (χ3v) is 2.07. The highest BCUT2D eigenvalue weighted by Crippen LogP contribution is 2.17. The number of amides is 1. The van der Waals surface area contributed by atoms with Gasteiger partial charge in [0.1, 0.15) is 11.1 Å². The van der Waals surface area contributed by atoms with Gasteiger partial charge in [-0.05, 0) is 20.8 Å². The van der Waals surface area contributed by atoms with Gasteiger partial charge in [-0.15, -0.1) is 10.2 Å². The molecule has 0 spiro atoms. The number of carbonyl (C=O) groups excluding carboxylic acids is 1. The molecule has 0 aromatic carbocycles. The van der Waals surface area contributed by atoms with Crippen molar-refractivity contribution >= 4 is 22.6 Å². The van der Waals surface area contributed by atoms with Gasteiger partial charge in [0.2, 0.25) is 5.13 Å². The maximum atomic E-state index is 11.5. The summed E-state index contributed by atoms with van der Waals surface area (Å²) >= 11 is 1.29. The highest BCUT2D eigenvalue weighted by atomic mass is 32.1. The van der Waals surface area contributed by atoms with Crippen molar-refractivity contribution in [3.63, 3.8) is 0 Å². The molecule has 0 radical (unpaired) electrons. The van der Waals surface area contributed by atoms with Gasteiger partial charge < -0.3 is 4.74 Å². The van der Waals surface area contributed by atoms with E-state index < -0.39 is 11.7 Å². The average Bonchev–Trinajstić information content (AvgIpc) is 2.51. The lowest BCUT2D eigenvalue weighted by atomic mass is 10.2. The van der Waals surface area contributed by atoms with E-state index in [1.807, 2.05) is 20.8 Å². The molecule has 0 N–H and O–H groups in total. The van der Waals surface area contributed by atoms with Crippen LogP contribution in [-0.2, 0) is 4.74 Å². The molecule has 0 fully saturated rings. The van der Waals surface area contributed by atoms with Gasteiger partial charge in [0.25, 0.3) is 0 Å².